The van der Waals surface area contributed by atoms with Crippen LogP contribution >= 0.6 is 23.1 Å². The predicted octanol–water partition coefficient (Wildman–Crippen LogP) is 3.73. The number of carbonyl (C=O) groups is 1. The Morgan fingerprint density at radius 3 is 2.97 bits per heavy atom. The van der Waals surface area contributed by atoms with Gasteiger partial charge in [-0.2, -0.15) is 0 Å². The van der Waals surface area contributed by atoms with Gasteiger partial charge in [0.1, 0.15) is 10.6 Å². The molecular weight excluding hydrogens is 418 g/mol. The molecule has 0 fully saturated rings. The second-order valence-electron chi connectivity index (χ2n) is 6.98. The SMILES string of the molecule is C=CCNC(=O)CSc1nc2sc3c(c2c(=O)n1-c1ccccc1OC)CCCC3. The van der Waals surface area contributed by atoms with Crippen molar-refractivity contribution in [3.05, 3.63) is 57.7 Å². The highest BCUT2D eigenvalue weighted by Crippen LogP contribution is 2.36. The molecule has 4 rings (SSSR count). The van der Waals surface area contributed by atoms with Crippen molar-refractivity contribution in [2.45, 2.75) is 30.8 Å². The second kappa shape index (κ2) is 9.06. The Morgan fingerprint density at radius 2 is 2.17 bits per heavy atom. The molecule has 0 spiro atoms. The highest BCUT2D eigenvalue weighted by molar-refractivity contribution is 7.99. The van der Waals surface area contributed by atoms with Crippen molar-refractivity contribution < 1.29 is 9.53 Å². The number of hydrogen-bond acceptors (Lipinski definition) is 6. The largest absolute Gasteiger partial charge is 0.495 e. The number of thiophene rings is 1. The topological polar surface area (TPSA) is 73.2 Å². The van der Waals surface area contributed by atoms with Crippen molar-refractivity contribution in [2.24, 2.45) is 0 Å². The lowest BCUT2D eigenvalue weighted by atomic mass is 9.97. The van der Waals surface area contributed by atoms with Crippen LogP contribution in [0.3, 0.4) is 0 Å². The Hall–Kier alpha value is -2.58. The van der Waals surface area contributed by atoms with Crippen LogP contribution in [0.4, 0.5) is 0 Å². The van der Waals surface area contributed by atoms with E-state index in [0.717, 1.165) is 36.1 Å². The van der Waals surface area contributed by atoms with E-state index in [4.69, 9.17) is 9.72 Å². The first-order valence-electron chi connectivity index (χ1n) is 9.85. The fraction of sp³-hybridized carbons (Fsp3) is 0.318. The number of nitrogens with one attached hydrogen (secondary N) is 1. The van der Waals surface area contributed by atoms with Crippen LogP contribution in [0.25, 0.3) is 15.9 Å². The average molecular weight is 442 g/mol. The van der Waals surface area contributed by atoms with Crippen molar-refractivity contribution in [1.29, 1.82) is 0 Å². The first kappa shape index (κ1) is 20.7. The second-order valence-corrected chi connectivity index (χ2v) is 9.01. The van der Waals surface area contributed by atoms with Gasteiger partial charge in [-0.3, -0.25) is 14.2 Å². The van der Waals surface area contributed by atoms with E-state index in [9.17, 15) is 9.59 Å². The standard InChI is InChI=1S/C22H23N3O3S2/c1-3-12-23-18(26)13-29-22-24-20-19(14-8-4-7-11-17(14)30-20)21(27)25(22)15-9-5-6-10-16(15)28-2/h3,5-6,9-10H,1,4,7-8,11-13H2,2H3,(H,23,26). The third-order valence-electron chi connectivity index (χ3n) is 5.06. The van der Waals surface area contributed by atoms with E-state index in [1.165, 1.54) is 16.6 Å². The van der Waals surface area contributed by atoms with E-state index in [2.05, 4.69) is 11.9 Å². The minimum Gasteiger partial charge on any atom is -0.495 e. The molecular formula is C22H23N3O3S2. The van der Waals surface area contributed by atoms with E-state index in [1.54, 1.807) is 29.1 Å². The lowest BCUT2D eigenvalue weighted by molar-refractivity contribution is -0.118. The van der Waals surface area contributed by atoms with Crippen molar-refractivity contribution in [2.75, 3.05) is 19.4 Å². The summed E-state index contributed by atoms with van der Waals surface area (Å²) in [5, 5.41) is 3.96. The number of amides is 1. The third-order valence-corrected chi connectivity index (χ3v) is 7.18. The first-order chi connectivity index (χ1) is 14.6. The van der Waals surface area contributed by atoms with Gasteiger partial charge in [0.25, 0.3) is 5.56 Å². The van der Waals surface area contributed by atoms with Crippen LogP contribution in [0, 0.1) is 0 Å². The molecule has 1 N–H and O–H groups in total. The number of fused-ring (bicyclic) bond motifs is 3. The molecule has 1 amide bonds. The van der Waals surface area contributed by atoms with Crippen molar-refractivity contribution in [3.63, 3.8) is 0 Å². The molecule has 2 heterocycles. The molecule has 1 aliphatic rings. The number of thioether (sulfide) groups is 1. The summed E-state index contributed by atoms with van der Waals surface area (Å²) in [4.78, 5) is 32.7. The fourth-order valence-electron chi connectivity index (χ4n) is 3.68. The average Bonchev–Trinajstić information content (AvgIpc) is 3.15. The molecule has 1 aliphatic carbocycles. The monoisotopic (exact) mass is 441 g/mol. The molecule has 2 aromatic heterocycles. The van der Waals surface area contributed by atoms with Crippen LogP contribution in [-0.4, -0.2) is 34.9 Å². The van der Waals surface area contributed by atoms with Gasteiger partial charge < -0.3 is 10.1 Å². The fourth-order valence-corrected chi connectivity index (χ4v) is 5.82. The van der Waals surface area contributed by atoms with E-state index in [1.807, 2.05) is 24.3 Å². The predicted molar refractivity (Wildman–Crippen MR) is 122 cm³/mol. The van der Waals surface area contributed by atoms with Gasteiger partial charge in [-0.25, -0.2) is 4.98 Å². The van der Waals surface area contributed by atoms with E-state index >= 15 is 0 Å². The van der Waals surface area contributed by atoms with Crippen molar-refractivity contribution >= 4 is 39.2 Å². The number of benzene rings is 1. The highest BCUT2D eigenvalue weighted by Gasteiger charge is 2.24. The number of hydrogen-bond donors (Lipinski definition) is 1. The summed E-state index contributed by atoms with van der Waals surface area (Å²) < 4.78 is 7.10. The van der Waals surface area contributed by atoms with Gasteiger partial charge >= 0.3 is 0 Å². The zero-order valence-corrected chi connectivity index (χ0v) is 18.4. The number of aromatic nitrogens is 2. The van der Waals surface area contributed by atoms with Crippen molar-refractivity contribution in [1.82, 2.24) is 14.9 Å². The maximum Gasteiger partial charge on any atom is 0.267 e. The Labute approximate surface area is 183 Å². The van der Waals surface area contributed by atoms with E-state index in [-0.39, 0.29) is 17.2 Å². The first-order valence-corrected chi connectivity index (χ1v) is 11.6. The van der Waals surface area contributed by atoms with Gasteiger partial charge in [0.2, 0.25) is 5.91 Å². The Balaban J connectivity index is 1.87. The van der Waals surface area contributed by atoms with Crippen LogP contribution < -0.4 is 15.6 Å². The van der Waals surface area contributed by atoms with Gasteiger partial charge in [-0.15, -0.1) is 17.9 Å². The molecule has 0 aliphatic heterocycles. The Bertz CT molecular complexity index is 1170. The summed E-state index contributed by atoms with van der Waals surface area (Å²) in [6.07, 6.45) is 5.78. The maximum absolute atomic E-state index is 13.7. The Morgan fingerprint density at radius 1 is 1.37 bits per heavy atom. The Kier molecular flexibility index (Phi) is 6.24. The molecule has 0 saturated carbocycles. The smallest absolute Gasteiger partial charge is 0.267 e. The summed E-state index contributed by atoms with van der Waals surface area (Å²) in [6.45, 7) is 4.02. The molecule has 0 saturated heterocycles. The molecule has 156 valence electrons. The summed E-state index contributed by atoms with van der Waals surface area (Å²) in [6, 6.07) is 7.39. The maximum atomic E-state index is 13.7. The quantitative estimate of drug-likeness (QED) is 0.344. The highest BCUT2D eigenvalue weighted by atomic mass is 32.2. The van der Waals surface area contributed by atoms with Crippen LogP contribution in [0.2, 0.25) is 0 Å². The minimum atomic E-state index is -0.133. The van der Waals surface area contributed by atoms with Gasteiger partial charge in [0, 0.05) is 11.4 Å². The number of rotatable bonds is 7. The van der Waals surface area contributed by atoms with Crippen LogP contribution in [0.5, 0.6) is 5.75 Å². The van der Waals surface area contributed by atoms with Gasteiger partial charge in [0.15, 0.2) is 5.16 Å². The number of carbonyl (C=O) groups excluding carboxylic acids is 1. The molecule has 0 unspecified atom stereocenters. The molecule has 30 heavy (non-hydrogen) atoms. The zero-order chi connectivity index (χ0) is 21.1. The molecule has 0 bridgehead atoms. The van der Waals surface area contributed by atoms with Crippen LogP contribution in [0.1, 0.15) is 23.3 Å². The number of nitrogens with zero attached hydrogens (tertiary/aromatic N) is 2. The number of ether oxygens (including phenoxy) is 1. The molecule has 8 heteroatoms. The molecule has 6 nitrogen and oxygen atoms in total. The van der Waals surface area contributed by atoms with Crippen LogP contribution in [0.15, 0.2) is 46.9 Å². The molecule has 1 aromatic carbocycles. The molecule has 0 radical (unpaired) electrons. The summed E-state index contributed by atoms with van der Waals surface area (Å²) >= 11 is 2.86. The van der Waals surface area contributed by atoms with E-state index < -0.39 is 0 Å². The summed E-state index contributed by atoms with van der Waals surface area (Å²) in [5.74, 6) is 0.612. The lowest BCUT2D eigenvalue weighted by Crippen LogP contribution is -2.26. The van der Waals surface area contributed by atoms with Gasteiger partial charge in [-0.05, 0) is 43.4 Å². The normalized spacial score (nSPS) is 13.1. The number of methoxy groups -OCH3 is 1. The van der Waals surface area contributed by atoms with Gasteiger partial charge in [0.05, 0.1) is 23.9 Å². The minimum absolute atomic E-state index is 0.0992. The van der Waals surface area contributed by atoms with Gasteiger partial charge in [-0.1, -0.05) is 30.0 Å². The lowest BCUT2D eigenvalue weighted by Gasteiger charge is -2.15. The number of para-hydroxylation sites is 2. The molecule has 3 aromatic rings. The van der Waals surface area contributed by atoms with Crippen molar-refractivity contribution in [3.8, 4) is 11.4 Å². The van der Waals surface area contributed by atoms with E-state index in [0.29, 0.717) is 28.5 Å². The summed E-state index contributed by atoms with van der Waals surface area (Å²) in [5.41, 5.74) is 1.67. The molecule has 0 atom stereocenters. The summed E-state index contributed by atoms with van der Waals surface area (Å²) in [7, 11) is 1.58. The zero-order valence-electron chi connectivity index (χ0n) is 16.8. The number of aryl methyl sites for hydroxylation is 2. The third kappa shape index (κ3) is 3.89. The van der Waals surface area contributed by atoms with Crippen LogP contribution in [-0.2, 0) is 17.6 Å².